The van der Waals surface area contributed by atoms with Crippen molar-refractivity contribution in [3.05, 3.63) is 89.4 Å². The third-order valence-electron chi connectivity index (χ3n) is 7.11. The molecule has 2 amide bonds. The number of anilines is 1. The Morgan fingerprint density at radius 1 is 0.949 bits per heavy atom. The molecule has 2 aliphatic heterocycles. The lowest BCUT2D eigenvalue weighted by molar-refractivity contribution is 0.0649. The Morgan fingerprint density at radius 2 is 1.56 bits per heavy atom. The lowest BCUT2D eigenvalue weighted by Gasteiger charge is -2.29. The Balaban J connectivity index is 1.40. The molecular formula is C29H25N5O5. The van der Waals surface area contributed by atoms with Crippen molar-refractivity contribution in [2.75, 3.05) is 25.7 Å². The summed E-state index contributed by atoms with van der Waals surface area (Å²) in [7, 11) is 3.06. The number of ether oxygens (including phenoxy) is 2. The van der Waals surface area contributed by atoms with Crippen LogP contribution >= 0.6 is 0 Å². The summed E-state index contributed by atoms with van der Waals surface area (Å²) in [6, 6.07) is 18.6. The number of amides is 2. The summed E-state index contributed by atoms with van der Waals surface area (Å²) >= 11 is 0. The van der Waals surface area contributed by atoms with Crippen LogP contribution < -0.4 is 14.4 Å². The number of aliphatic hydroxyl groups is 1. The first kappa shape index (κ1) is 24.2. The van der Waals surface area contributed by atoms with Crippen LogP contribution in [0.4, 0.5) is 5.69 Å². The summed E-state index contributed by atoms with van der Waals surface area (Å²) < 4.78 is 10.9. The first-order valence-electron chi connectivity index (χ1n) is 12.4. The maximum Gasteiger partial charge on any atom is 0.261 e. The Bertz CT molecular complexity index is 1600. The number of amidine groups is 1. The predicted octanol–water partition coefficient (Wildman–Crippen LogP) is 4.40. The van der Waals surface area contributed by atoms with Crippen molar-refractivity contribution in [1.82, 2.24) is 14.9 Å². The molecular weight excluding hydrogens is 498 g/mol. The highest BCUT2D eigenvalue weighted by Crippen LogP contribution is 2.39. The van der Waals surface area contributed by atoms with Gasteiger partial charge in [0.25, 0.3) is 11.8 Å². The molecule has 1 atom stereocenters. The lowest BCUT2D eigenvalue weighted by atomic mass is 10.1. The summed E-state index contributed by atoms with van der Waals surface area (Å²) in [6.45, 7) is 0.0410. The molecule has 0 radical (unpaired) electrons. The first-order chi connectivity index (χ1) is 18.9. The minimum Gasteiger partial charge on any atom is -0.509 e. The Morgan fingerprint density at radius 3 is 2.18 bits per heavy atom. The number of aromatic nitrogens is 2. The van der Waals surface area contributed by atoms with E-state index in [9.17, 15) is 14.7 Å². The zero-order valence-electron chi connectivity index (χ0n) is 21.3. The molecule has 0 saturated carbocycles. The summed E-state index contributed by atoms with van der Waals surface area (Å²) in [5, 5.41) is 20.7. The van der Waals surface area contributed by atoms with Gasteiger partial charge in [-0.25, -0.2) is 4.98 Å². The molecule has 196 valence electrons. The quantitative estimate of drug-likeness (QED) is 0.306. The minimum absolute atomic E-state index is 0.00854. The van der Waals surface area contributed by atoms with Crippen LogP contribution in [-0.2, 0) is 0 Å². The number of imidazole rings is 1. The number of carbonyl (C=O) groups is 2. The highest BCUT2D eigenvalue weighted by atomic mass is 16.5. The molecule has 3 heterocycles. The van der Waals surface area contributed by atoms with Gasteiger partial charge in [-0.2, -0.15) is 0 Å². The average molecular weight is 524 g/mol. The van der Waals surface area contributed by atoms with Crippen molar-refractivity contribution in [3.8, 4) is 11.5 Å². The van der Waals surface area contributed by atoms with Crippen molar-refractivity contribution in [2.24, 2.45) is 0 Å². The molecule has 3 aromatic carbocycles. The van der Waals surface area contributed by atoms with Gasteiger partial charge in [-0.15, -0.1) is 0 Å². The molecule has 6 rings (SSSR count). The number of hydrogen-bond acceptors (Lipinski definition) is 7. The van der Waals surface area contributed by atoms with Crippen LogP contribution in [-0.4, -0.2) is 64.4 Å². The van der Waals surface area contributed by atoms with Gasteiger partial charge in [0, 0.05) is 24.7 Å². The third kappa shape index (κ3) is 3.88. The molecule has 3 N–H and O–H groups in total. The zero-order chi connectivity index (χ0) is 27.3. The van der Waals surface area contributed by atoms with E-state index in [2.05, 4.69) is 9.97 Å². The molecule has 1 unspecified atom stereocenters. The van der Waals surface area contributed by atoms with Crippen molar-refractivity contribution in [1.29, 1.82) is 5.41 Å². The number of fused-ring (bicyclic) bond motifs is 2. The minimum atomic E-state index is -0.762. The number of para-hydroxylation sites is 2. The van der Waals surface area contributed by atoms with E-state index in [0.717, 1.165) is 5.52 Å². The number of benzene rings is 3. The van der Waals surface area contributed by atoms with E-state index in [1.165, 1.54) is 19.1 Å². The van der Waals surface area contributed by atoms with Gasteiger partial charge in [0.05, 0.1) is 53.7 Å². The van der Waals surface area contributed by atoms with Crippen LogP contribution in [0, 0.1) is 5.41 Å². The Kier molecular flexibility index (Phi) is 5.79. The van der Waals surface area contributed by atoms with Gasteiger partial charge in [0.1, 0.15) is 28.9 Å². The van der Waals surface area contributed by atoms with Crippen molar-refractivity contribution >= 4 is 39.9 Å². The number of rotatable bonds is 7. The molecule has 0 spiro atoms. The molecule has 0 aliphatic carbocycles. The second kappa shape index (κ2) is 9.32. The van der Waals surface area contributed by atoms with E-state index >= 15 is 0 Å². The molecule has 10 nitrogen and oxygen atoms in total. The Hall–Kier alpha value is -5.12. The second-order valence-corrected chi connectivity index (χ2v) is 9.26. The van der Waals surface area contributed by atoms with Gasteiger partial charge < -0.3 is 24.5 Å². The highest BCUT2D eigenvalue weighted by molar-refractivity contribution is 6.31. The van der Waals surface area contributed by atoms with Crippen LogP contribution in [0.1, 0.15) is 33.0 Å². The topological polar surface area (TPSA) is 132 Å². The van der Waals surface area contributed by atoms with E-state index in [1.54, 1.807) is 47.4 Å². The fourth-order valence-corrected chi connectivity index (χ4v) is 5.19. The standard InChI is InChI=1S/C29H25N5O5/c1-38-17-13-16(14-18(15-17)39-2)34-23(11-12-33-28(36)19-7-3-4-8-20(19)29(33)37)25(35)24(26(34)30)27-31-21-9-5-6-10-22(21)32-27/h3-10,13-15,23,30,35H,11-12H2,1-2H3,(H,31,32). The van der Waals surface area contributed by atoms with E-state index in [4.69, 9.17) is 14.9 Å². The number of imide groups is 1. The lowest BCUT2D eigenvalue weighted by Crippen LogP contribution is -2.40. The average Bonchev–Trinajstić information content (AvgIpc) is 3.57. The number of hydrogen-bond donors (Lipinski definition) is 3. The number of nitrogens with one attached hydrogen (secondary N) is 2. The van der Waals surface area contributed by atoms with Gasteiger partial charge in [0.2, 0.25) is 0 Å². The van der Waals surface area contributed by atoms with Crippen molar-refractivity contribution in [2.45, 2.75) is 12.5 Å². The molecule has 1 aromatic heterocycles. The number of aromatic amines is 1. The maximum absolute atomic E-state index is 13.0. The fourth-order valence-electron chi connectivity index (χ4n) is 5.19. The number of aliphatic hydroxyl groups excluding tert-OH is 1. The van der Waals surface area contributed by atoms with Gasteiger partial charge in [-0.1, -0.05) is 24.3 Å². The number of methoxy groups -OCH3 is 2. The summed E-state index contributed by atoms with van der Waals surface area (Å²) in [5.74, 6) is 0.535. The number of carbonyl (C=O) groups excluding carboxylic acids is 2. The second-order valence-electron chi connectivity index (χ2n) is 9.26. The molecule has 0 saturated heterocycles. The van der Waals surface area contributed by atoms with E-state index in [1.807, 2.05) is 24.3 Å². The monoisotopic (exact) mass is 523 g/mol. The highest BCUT2D eigenvalue weighted by Gasteiger charge is 2.42. The van der Waals surface area contributed by atoms with Crippen LogP contribution in [0.3, 0.4) is 0 Å². The van der Waals surface area contributed by atoms with Gasteiger partial charge in [-0.05, 0) is 30.7 Å². The van der Waals surface area contributed by atoms with Crippen molar-refractivity contribution in [3.63, 3.8) is 0 Å². The number of nitrogens with zero attached hydrogens (tertiary/aromatic N) is 3. The molecule has 4 aromatic rings. The predicted molar refractivity (Wildman–Crippen MR) is 146 cm³/mol. The van der Waals surface area contributed by atoms with Gasteiger partial charge in [-0.3, -0.25) is 19.9 Å². The van der Waals surface area contributed by atoms with Crippen molar-refractivity contribution < 1.29 is 24.2 Å². The van der Waals surface area contributed by atoms with E-state index < -0.39 is 6.04 Å². The van der Waals surface area contributed by atoms with Gasteiger partial charge in [0.15, 0.2) is 0 Å². The largest absolute Gasteiger partial charge is 0.509 e. The maximum atomic E-state index is 13.0. The van der Waals surface area contributed by atoms with Crippen LogP contribution in [0.2, 0.25) is 0 Å². The van der Waals surface area contributed by atoms with E-state index in [-0.39, 0.29) is 41.9 Å². The summed E-state index contributed by atoms with van der Waals surface area (Å²) in [6.07, 6.45) is 0.170. The van der Waals surface area contributed by atoms with E-state index in [0.29, 0.717) is 39.7 Å². The first-order valence-corrected chi connectivity index (χ1v) is 12.4. The third-order valence-corrected chi connectivity index (χ3v) is 7.11. The van der Waals surface area contributed by atoms with Gasteiger partial charge >= 0.3 is 0 Å². The zero-order valence-corrected chi connectivity index (χ0v) is 21.3. The summed E-state index contributed by atoms with van der Waals surface area (Å²) in [5.41, 5.74) is 2.97. The normalized spacial score (nSPS) is 17.0. The molecule has 2 aliphatic rings. The van der Waals surface area contributed by atoms with Crippen LogP contribution in [0.25, 0.3) is 16.6 Å². The van der Waals surface area contributed by atoms with Crippen LogP contribution in [0.5, 0.6) is 11.5 Å². The molecule has 39 heavy (non-hydrogen) atoms. The molecule has 0 fully saturated rings. The summed E-state index contributed by atoms with van der Waals surface area (Å²) in [4.78, 5) is 36.6. The Labute approximate surface area is 223 Å². The molecule has 0 bridgehead atoms. The fraction of sp³-hybridized carbons (Fsp3) is 0.172. The number of H-pyrrole nitrogens is 1. The SMILES string of the molecule is COc1cc(OC)cc(N2C(=N)C(c3nc4ccccc4[nH]3)=C(O)C2CCN2C(=O)c3ccccc3C2=O)c1. The smallest absolute Gasteiger partial charge is 0.261 e. The molecule has 10 heteroatoms. The van der Waals surface area contributed by atoms with Crippen LogP contribution in [0.15, 0.2) is 72.5 Å².